The zero-order chi connectivity index (χ0) is 15.6. The Labute approximate surface area is 136 Å². The largest absolute Gasteiger partial charge is 0.326 e. The first-order chi connectivity index (χ1) is 11.3. The number of fused-ring (bicyclic) bond motifs is 2. The van der Waals surface area contributed by atoms with Gasteiger partial charge in [-0.2, -0.15) is 0 Å². The molecule has 0 aliphatic heterocycles. The average Bonchev–Trinajstić information content (AvgIpc) is 2.61. The molecule has 0 radical (unpaired) electrons. The summed E-state index contributed by atoms with van der Waals surface area (Å²) >= 11 is 0. The molecule has 3 aromatic carbocycles. The molecule has 0 spiro atoms. The first-order valence-electron chi connectivity index (χ1n) is 8.19. The van der Waals surface area contributed by atoms with Gasteiger partial charge in [0.25, 0.3) is 0 Å². The maximum atomic E-state index is 12.8. The van der Waals surface area contributed by atoms with Crippen LogP contribution in [-0.2, 0) is 11.2 Å². The SMILES string of the molecule is O=C(Nc1ccc2ccccc2c1)C1CCCc2ccccc21. The van der Waals surface area contributed by atoms with Gasteiger partial charge >= 0.3 is 0 Å². The minimum atomic E-state index is -0.0357. The molecule has 1 atom stereocenters. The molecule has 2 nitrogen and oxygen atoms in total. The van der Waals surface area contributed by atoms with Crippen LogP contribution >= 0.6 is 0 Å². The van der Waals surface area contributed by atoms with Gasteiger partial charge in [-0.1, -0.05) is 54.6 Å². The van der Waals surface area contributed by atoms with Crippen LogP contribution < -0.4 is 5.32 Å². The predicted octanol–water partition coefficient (Wildman–Crippen LogP) is 4.90. The standard InChI is InChI=1S/C21H19NO/c23-21(20-11-5-9-16-7-3-4-10-19(16)20)22-18-13-12-15-6-1-2-8-17(15)14-18/h1-4,6-8,10,12-14,20H,5,9,11H2,(H,22,23). The topological polar surface area (TPSA) is 29.1 Å². The van der Waals surface area contributed by atoms with Gasteiger partial charge in [0.1, 0.15) is 0 Å². The number of anilines is 1. The highest BCUT2D eigenvalue weighted by Crippen LogP contribution is 2.32. The van der Waals surface area contributed by atoms with E-state index in [0.717, 1.165) is 30.3 Å². The van der Waals surface area contributed by atoms with E-state index in [9.17, 15) is 4.79 Å². The molecule has 1 unspecified atom stereocenters. The van der Waals surface area contributed by atoms with E-state index in [1.54, 1.807) is 0 Å². The summed E-state index contributed by atoms with van der Waals surface area (Å²) in [5.41, 5.74) is 3.38. The number of carbonyl (C=O) groups is 1. The minimum absolute atomic E-state index is 0.0357. The lowest BCUT2D eigenvalue weighted by atomic mass is 9.82. The molecule has 1 amide bonds. The number of aryl methyl sites for hydroxylation is 1. The van der Waals surface area contributed by atoms with Gasteiger partial charge in [0.05, 0.1) is 5.92 Å². The van der Waals surface area contributed by atoms with Crippen LogP contribution in [0.15, 0.2) is 66.7 Å². The van der Waals surface area contributed by atoms with Crippen molar-refractivity contribution < 1.29 is 4.79 Å². The molecule has 3 aromatic rings. The Morgan fingerprint density at radius 3 is 2.61 bits per heavy atom. The van der Waals surface area contributed by atoms with Crippen LogP contribution in [0.25, 0.3) is 10.8 Å². The zero-order valence-corrected chi connectivity index (χ0v) is 13.0. The fourth-order valence-electron chi connectivity index (χ4n) is 3.52. The fourth-order valence-corrected chi connectivity index (χ4v) is 3.52. The van der Waals surface area contributed by atoms with Gasteiger partial charge in [-0.25, -0.2) is 0 Å². The van der Waals surface area contributed by atoms with Crippen molar-refractivity contribution in [1.29, 1.82) is 0 Å². The Kier molecular flexibility index (Phi) is 3.58. The Hall–Kier alpha value is -2.61. The predicted molar refractivity (Wildman–Crippen MR) is 94.7 cm³/mol. The van der Waals surface area contributed by atoms with Crippen LogP contribution in [0, 0.1) is 0 Å². The number of benzene rings is 3. The zero-order valence-electron chi connectivity index (χ0n) is 13.0. The maximum Gasteiger partial charge on any atom is 0.231 e. The molecule has 0 fully saturated rings. The van der Waals surface area contributed by atoms with E-state index in [1.165, 1.54) is 16.5 Å². The van der Waals surface area contributed by atoms with Gasteiger partial charge in [-0.15, -0.1) is 0 Å². The number of rotatable bonds is 2. The highest BCUT2D eigenvalue weighted by atomic mass is 16.1. The molecule has 0 bridgehead atoms. The van der Waals surface area contributed by atoms with Crippen molar-refractivity contribution in [1.82, 2.24) is 0 Å². The minimum Gasteiger partial charge on any atom is -0.326 e. The molecule has 23 heavy (non-hydrogen) atoms. The number of nitrogens with one attached hydrogen (secondary N) is 1. The summed E-state index contributed by atoms with van der Waals surface area (Å²) in [6.45, 7) is 0. The van der Waals surface area contributed by atoms with Crippen molar-refractivity contribution in [2.24, 2.45) is 0 Å². The lowest BCUT2D eigenvalue weighted by molar-refractivity contribution is -0.117. The molecule has 1 aliphatic rings. The summed E-state index contributed by atoms with van der Waals surface area (Å²) in [5, 5.41) is 5.44. The number of hydrogen-bond donors (Lipinski definition) is 1. The maximum absolute atomic E-state index is 12.8. The van der Waals surface area contributed by atoms with Crippen LogP contribution in [0.5, 0.6) is 0 Å². The molecule has 2 heteroatoms. The van der Waals surface area contributed by atoms with Crippen LogP contribution in [0.3, 0.4) is 0 Å². The smallest absolute Gasteiger partial charge is 0.231 e. The van der Waals surface area contributed by atoms with Crippen LogP contribution in [0.1, 0.15) is 29.9 Å². The number of amides is 1. The van der Waals surface area contributed by atoms with Crippen LogP contribution in [0.2, 0.25) is 0 Å². The normalized spacial score (nSPS) is 16.8. The summed E-state index contributed by atoms with van der Waals surface area (Å²) in [7, 11) is 0. The third-order valence-electron chi connectivity index (χ3n) is 4.70. The first kappa shape index (κ1) is 14.0. The molecule has 0 aromatic heterocycles. The van der Waals surface area contributed by atoms with Crippen molar-refractivity contribution >= 4 is 22.4 Å². The van der Waals surface area contributed by atoms with Crippen molar-refractivity contribution in [3.05, 3.63) is 77.9 Å². The van der Waals surface area contributed by atoms with Crippen molar-refractivity contribution in [3.63, 3.8) is 0 Å². The Morgan fingerprint density at radius 1 is 0.913 bits per heavy atom. The summed E-state index contributed by atoms with van der Waals surface area (Å²) in [5.74, 6) is 0.0684. The molecule has 114 valence electrons. The number of carbonyl (C=O) groups excluding carboxylic acids is 1. The molecule has 0 heterocycles. The van der Waals surface area contributed by atoms with E-state index in [4.69, 9.17) is 0 Å². The van der Waals surface area contributed by atoms with Gasteiger partial charge in [0.15, 0.2) is 0 Å². The summed E-state index contributed by atoms with van der Waals surface area (Å²) in [4.78, 5) is 12.8. The third-order valence-corrected chi connectivity index (χ3v) is 4.70. The first-order valence-corrected chi connectivity index (χ1v) is 8.19. The van der Waals surface area contributed by atoms with Crippen molar-refractivity contribution in [2.45, 2.75) is 25.2 Å². The monoisotopic (exact) mass is 301 g/mol. The second kappa shape index (κ2) is 5.88. The average molecular weight is 301 g/mol. The molecule has 1 N–H and O–H groups in total. The van der Waals surface area contributed by atoms with Gasteiger partial charge in [-0.3, -0.25) is 4.79 Å². The summed E-state index contributed by atoms with van der Waals surface area (Å²) < 4.78 is 0. The second-order valence-electron chi connectivity index (χ2n) is 6.19. The number of hydrogen-bond acceptors (Lipinski definition) is 1. The van der Waals surface area contributed by atoms with Gasteiger partial charge in [0.2, 0.25) is 5.91 Å². The van der Waals surface area contributed by atoms with Crippen LogP contribution in [-0.4, -0.2) is 5.91 Å². The lowest BCUT2D eigenvalue weighted by Gasteiger charge is -2.24. The Bertz CT molecular complexity index is 868. The Balaban J connectivity index is 1.60. The quantitative estimate of drug-likeness (QED) is 0.716. The van der Waals surface area contributed by atoms with Crippen molar-refractivity contribution in [2.75, 3.05) is 5.32 Å². The van der Waals surface area contributed by atoms with E-state index < -0.39 is 0 Å². The third kappa shape index (κ3) is 2.72. The van der Waals surface area contributed by atoms with Gasteiger partial charge < -0.3 is 5.32 Å². The summed E-state index contributed by atoms with van der Waals surface area (Å²) in [6.07, 6.45) is 3.08. The van der Waals surface area contributed by atoms with E-state index in [-0.39, 0.29) is 11.8 Å². The fraction of sp³-hybridized carbons (Fsp3) is 0.190. The Morgan fingerprint density at radius 2 is 1.70 bits per heavy atom. The molecular weight excluding hydrogens is 282 g/mol. The van der Waals surface area contributed by atoms with E-state index >= 15 is 0 Å². The summed E-state index contributed by atoms with van der Waals surface area (Å²) in [6, 6.07) is 22.6. The lowest BCUT2D eigenvalue weighted by Crippen LogP contribution is -2.24. The van der Waals surface area contributed by atoms with E-state index in [1.807, 2.05) is 30.3 Å². The van der Waals surface area contributed by atoms with Crippen LogP contribution in [0.4, 0.5) is 5.69 Å². The van der Waals surface area contributed by atoms with E-state index in [2.05, 4.69) is 41.7 Å². The van der Waals surface area contributed by atoms with E-state index in [0.29, 0.717) is 0 Å². The molecule has 4 rings (SSSR count). The van der Waals surface area contributed by atoms with Gasteiger partial charge in [0, 0.05) is 5.69 Å². The molecule has 0 saturated heterocycles. The molecular formula is C21H19NO. The second-order valence-corrected chi connectivity index (χ2v) is 6.19. The highest BCUT2D eigenvalue weighted by Gasteiger charge is 2.26. The molecule has 0 saturated carbocycles. The van der Waals surface area contributed by atoms with Gasteiger partial charge in [-0.05, 0) is 53.3 Å². The molecule has 1 aliphatic carbocycles. The highest BCUT2D eigenvalue weighted by molar-refractivity contribution is 5.98. The van der Waals surface area contributed by atoms with Crippen molar-refractivity contribution in [3.8, 4) is 0 Å².